The molecule has 0 aliphatic carbocycles. The Morgan fingerprint density at radius 2 is 2.05 bits per heavy atom. The van der Waals surface area contributed by atoms with Crippen LogP contribution in [0.25, 0.3) is 11.0 Å². The lowest BCUT2D eigenvalue weighted by Gasteiger charge is -2.24. The van der Waals surface area contributed by atoms with E-state index in [1.807, 2.05) is 0 Å². The van der Waals surface area contributed by atoms with E-state index in [0.717, 1.165) is 25.5 Å². The third-order valence-electron chi connectivity index (χ3n) is 3.55. The lowest BCUT2D eigenvalue weighted by molar-refractivity contribution is 0.0933. The largest absolute Gasteiger partial charge is 0.450 e. The van der Waals surface area contributed by atoms with Gasteiger partial charge in [0.25, 0.3) is 12.8 Å². The first-order valence-corrected chi connectivity index (χ1v) is 6.43. The van der Waals surface area contributed by atoms with E-state index in [1.165, 1.54) is 0 Å². The Morgan fingerprint density at radius 1 is 1.32 bits per heavy atom. The molecule has 1 amide bonds. The third kappa shape index (κ3) is 2.60. The maximum absolute atomic E-state index is 12.1. The van der Waals surface area contributed by atoms with Gasteiger partial charge in [0.15, 0.2) is 0 Å². The second-order valence-electron chi connectivity index (χ2n) is 4.95. The van der Waals surface area contributed by atoms with Gasteiger partial charge < -0.3 is 10.3 Å². The molecule has 0 bridgehead atoms. The van der Waals surface area contributed by atoms with Crippen molar-refractivity contribution in [2.24, 2.45) is 0 Å². The van der Waals surface area contributed by atoms with E-state index in [1.54, 1.807) is 18.2 Å². The zero-order valence-electron chi connectivity index (χ0n) is 10.4. The molecule has 6 nitrogen and oxygen atoms in total. The zero-order chi connectivity index (χ0) is 13.2. The summed E-state index contributed by atoms with van der Waals surface area (Å²) < 4.78 is 4.60. The van der Waals surface area contributed by atoms with Gasteiger partial charge in [0, 0.05) is 11.6 Å². The van der Waals surface area contributed by atoms with Crippen LogP contribution in [-0.2, 0) is 0 Å². The van der Waals surface area contributed by atoms with Crippen LogP contribution < -0.4 is 5.32 Å². The lowest BCUT2D eigenvalue weighted by Crippen LogP contribution is -2.39. The highest BCUT2D eigenvalue weighted by Crippen LogP contribution is 2.19. The first-order valence-electron chi connectivity index (χ1n) is 6.43. The minimum absolute atomic E-state index is 0.119. The molecule has 2 aromatic rings. The van der Waals surface area contributed by atoms with Crippen molar-refractivity contribution in [2.45, 2.75) is 31.5 Å². The van der Waals surface area contributed by atoms with Crippen molar-refractivity contribution >= 4 is 23.9 Å². The average Bonchev–Trinajstić information content (AvgIpc) is 2.88. The summed E-state index contributed by atoms with van der Waals surface area (Å²) in [6, 6.07) is 5.23. The number of benzene rings is 1. The fraction of sp³-hybridized carbons (Fsp3) is 0.417. The van der Waals surface area contributed by atoms with Crippen molar-refractivity contribution < 1.29 is 14.4 Å². The number of amides is 1. The number of nitrogens with zero attached hydrogens (tertiary/aromatic N) is 2. The van der Waals surface area contributed by atoms with Crippen LogP contribution in [0.1, 0.15) is 23.2 Å². The number of carbonyl (C=O) groups is 1. The predicted molar refractivity (Wildman–Crippen MR) is 69.9 cm³/mol. The minimum Gasteiger partial charge on any atom is -0.450 e. The van der Waals surface area contributed by atoms with Crippen LogP contribution in [0, 0.1) is 0 Å². The molecule has 0 spiro atoms. The molecule has 19 heavy (non-hydrogen) atoms. The maximum atomic E-state index is 12.1. The van der Waals surface area contributed by atoms with E-state index in [-0.39, 0.29) is 18.9 Å². The molecule has 1 aromatic carbocycles. The van der Waals surface area contributed by atoms with Gasteiger partial charge in [-0.3, -0.25) is 4.79 Å². The summed E-state index contributed by atoms with van der Waals surface area (Å²) in [6.45, 7) is -0.217. The summed E-state index contributed by atoms with van der Waals surface area (Å²) in [5, 5.41) is 19.8. The first-order chi connectivity index (χ1) is 9.22. The van der Waals surface area contributed by atoms with Gasteiger partial charge in [0.1, 0.15) is 11.0 Å². The molecule has 1 saturated heterocycles. The summed E-state index contributed by atoms with van der Waals surface area (Å²) in [6.07, 6.45) is 3.13. The van der Waals surface area contributed by atoms with E-state index in [4.69, 9.17) is 0 Å². The van der Waals surface area contributed by atoms with E-state index in [2.05, 4.69) is 20.3 Å². The quantitative estimate of drug-likeness (QED) is 0.788. The number of carbonyl (C=O) groups excluding carboxylic acids is 1. The Hall–Kier alpha value is -1.89. The normalized spacial score (nSPS) is 16.8. The highest BCUT2D eigenvalue weighted by molar-refractivity contribution is 6.50. The predicted octanol–water partition coefficient (Wildman–Crippen LogP) is 1.10. The minimum atomic E-state index is -0.217. The van der Waals surface area contributed by atoms with Crippen molar-refractivity contribution in [2.75, 3.05) is 0 Å². The van der Waals surface area contributed by atoms with Crippen molar-refractivity contribution in [3.05, 3.63) is 23.8 Å². The molecular formula is C12H14BN3O3. The molecule has 1 aliphatic rings. The Kier molecular flexibility index (Phi) is 3.21. The number of rotatable bonds is 2. The van der Waals surface area contributed by atoms with Crippen molar-refractivity contribution in [1.82, 2.24) is 15.6 Å². The standard InChI is InChI=1S/C12H14BN3O3/c17-12(14-9-3-5-13(18)6-4-9)8-1-2-10-11(7-8)16-19-15-10/h1-2,7,9,18H,3-6H2,(H,14,17). The first kappa shape index (κ1) is 12.2. The Balaban J connectivity index is 1.69. The second-order valence-corrected chi connectivity index (χ2v) is 4.95. The van der Waals surface area contributed by atoms with Gasteiger partial charge in [-0.25, -0.2) is 4.63 Å². The maximum Gasteiger partial charge on any atom is 0.289 e. The van der Waals surface area contributed by atoms with Crippen LogP contribution >= 0.6 is 0 Å². The van der Waals surface area contributed by atoms with Gasteiger partial charge in [-0.2, -0.15) is 0 Å². The number of hydrogen-bond acceptors (Lipinski definition) is 5. The molecule has 7 heteroatoms. The molecule has 2 heterocycles. The van der Waals surface area contributed by atoms with Crippen LogP contribution in [-0.4, -0.2) is 34.2 Å². The molecule has 1 aliphatic heterocycles. The van der Waals surface area contributed by atoms with Crippen LogP contribution in [0.3, 0.4) is 0 Å². The van der Waals surface area contributed by atoms with Crippen LogP contribution in [0.15, 0.2) is 22.8 Å². The molecule has 1 aromatic heterocycles. The van der Waals surface area contributed by atoms with Gasteiger partial charge in [-0.05, 0) is 54.0 Å². The monoisotopic (exact) mass is 259 g/mol. The summed E-state index contributed by atoms with van der Waals surface area (Å²) in [4.78, 5) is 12.1. The molecule has 0 saturated carbocycles. The Bertz CT molecular complexity index is 593. The topological polar surface area (TPSA) is 88.2 Å². The smallest absolute Gasteiger partial charge is 0.289 e. The third-order valence-corrected chi connectivity index (χ3v) is 3.55. The van der Waals surface area contributed by atoms with Crippen LogP contribution in [0.5, 0.6) is 0 Å². The van der Waals surface area contributed by atoms with Gasteiger partial charge in [0.2, 0.25) is 0 Å². The fourth-order valence-corrected chi connectivity index (χ4v) is 2.41. The number of hydrogen-bond donors (Lipinski definition) is 2. The second kappa shape index (κ2) is 5.01. The van der Waals surface area contributed by atoms with Gasteiger partial charge in [0.05, 0.1) is 0 Å². The molecule has 0 atom stereocenters. The van der Waals surface area contributed by atoms with Crippen molar-refractivity contribution in [3.8, 4) is 0 Å². The van der Waals surface area contributed by atoms with Crippen LogP contribution in [0.4, 0.5) is 0 Å². The van der Waals surface area contributed by atoms with E-state index in [9.17, 15) is 9.82 Å². The summed E-state index contributed by atoms with van der Waals surface area (Å²) in [7, 11) is 0. The lowest BCUT2D eigenvalue weighted by atomic mass is 9.55. The number of aromatic nitrogens is 2. The average molecular weight is 259 g/mol. The number of nitrogens with one attached hydrogen (secondary N) is 1. The van der Waals surface area contributed by atoms with Crippen molar-refractivity contribution in [3.63, 3.8) is 0 Å². The van der Waals surface area contributed by atoms with Gasteiger partial charge in [-0.1, -0.05) is 0 Å². The summed E-state index contributed by atoms with van der Waals surface area (Å²) in [5.74, 6) is -0.119. The van der Waals surface area contributed by atoms with E-state index < -0.39 is 0 Å². The Morgan fingerprint density at radius 3 is 2.84 bits per heavy atom. The van der Waals surface area contributed by atoms with Crippen molar-refractivity contribution in [1.29, 1.82) is 0 Å². The summed E-state index contributed by atoms with van der Waals surface area (Å²) >= 11 is 0. The molecule has 0 radical (unpaired) electrons. The van der Waals surface area contributed by atoms with Crippen LogP contribution in [0.2, 0.25) is 12.6 Å². The molecular weight excluding hydrogens is 245 g/mol. The van der Waals surface area contributed by atoms with Gasteiger partial charge >= 0.3 is 0 Å². The molecule has 2 N–H and O–H groups in total. The Labute approximate surface area is 110 Å². The number of fused-ring (bicyclic) bond motifs is 1. The SMILES string of the molecule is O=C(NC1CCB(O)CC1)c1ccc2nonc2c1. The summed E-state index contributed by atoms with van der Waals surface area (Å²) in [5.41, 5.74) is 1.76. The fourth-order valence-electron chi connectivity index (χ4n) is 2.41. The zero-order valence-corrected chi connectivity index (χ0v) is 10.4. The molecule has 98 valence electrons. The van der Waals surface area contributed by atoms with E-state index in [0.29, 0.717) is 16.6 Å². The highest BCUT2D eigenvalue weighted by Gasteiger charge is 2.24. The highest BCUT2D eigenvalue weighted by atomic mass is 16.6. The van der Waals surface area contributed by atoms with E-state index >= 15 is 0 Å². The molecule has 3 rings (SSSR count). The molecule has 0 unspecified atom stereocenters. The molecule has 1 fully saturated rings. The van der Waals surface area contributed by atoms with Gasteiger partial charge in [-0.15, -0.1) is 0 Å².